The molecule has 1 fully saturated rings. The van der Waals surface area contributed by atoms with E-state index in [1.165, 1.54) is 39.3 Å². The van der Waals surface area contributed by atoms with E-state index in [0.717, 1.165) is 5.56 Å². The van der Waals surface area contributed by atoms with Crippen molar-refractivity contribution in [3.8, 4) is 28.7 Å². The lowest BCUT2D eigenvalue weighted by Gasteiger charge is -2.58. The lowest BCUT2D eigenvalue weighted by Crippen LogP contribution is -2.80. The Balaban J connectivity index is 1.71. The first-order chi connectivity index (χ1) is 24.3. The minimum Gasteiger partial charge on any atom is -0.509 e. The van der Waals surface area contributed by atoms with Gasteiger partial charge in [0.25, 0.3) is 5.91 Å². The van der Waals surface area contributed by atoms with Crippen LogP contribution in [0.3, 0.4) is 0 Å². The number of phenolic OH excluding ortho intramolecular Hbond substituents is 1. The van der Waals surface area contributed by atoms with Crippen molar-refractivity contribution in [1.82, 2.24) is 10.2 Å². The van der Waals surface area contributed by atoms with Crippen LogP contribution in [0.25, 0.3) is 16.9 Å². The largest absolute Gasteiger partial charge is 0.509 e. The quantitative estimate of drug-likeness (QED) is 0.135. The van der Waals surface area contributed by atoms with Crippen LogP contribution >= 0.6 is 0 Å². The number of carbonyl (C=O) groups is 4. The Morgan fingerprint density at radius 2 is 1.77 bits per heavy atom. The molecule has 2 aromatic carbocycles. The highest BCUT2D eigenvalue weighted by atomic mass is 16.5. The number of primary amides is 1. The van der Waals surface area contributed by atoms with Crippen LogP contribution in [0.5, 0.6) is 11.5 Å². The number of hydrogen-bond acceptors (Lipinski definition) is 14. The number of carbonyl (C=O) groups excluding carboxylic acids is 4. The first kappa shape index (κ1) is 38.0. The molecule has 0 aromatic heterocycles. The number of benzene rings is 2. The fraction of sp³-hybridized carbons (Fsp3) is 0.432. The SMILES string of the molecule is COC(=O)C(CC(C)C)NCc1ccc(OC)c(-c2ccc(O)c3c2C[C@@]2(N)C[C@@]4(N)[C@H](N(C)C)C(=O)C(C(N)=O)=C(O)[C@@]4(C#N)C(=O)C2=C3O)c1. The predicted molar refractivity (Wildman–Crippen MR) is 188 cm³/mol. The number of aliphatic hydroxyl groups excluding tert-OH is 2. The number of rotatable bonds is 10. The number of aromatic hydroxyl groups is 1. The molecule has 0 bridgehead atoms. The van der Waals surface area contributed by atoms with Gasteiger partial charge in [0.15, 0.2) is 17.0 Å². The number of nitrogens with two attached hydrogens (primary N) is 3. The molecular weight excluding hydrogens is 672 g/mol. The molecule has 15 heteroatoms. The zero-order valence-corrected chi connectivity index (χ0v) is 29.9. The molecule has 10 N–H and O–H groups in total. The number of nitriles is 1. The second-order valence-electron chi connectivity index (χ2n) is 14.4. The number of hydrogen-bond donors (Lipinski definition) is 7. The Bertz CT molecular complexity index is 2000. The standard InChI is InChI=1S/C37H44N6O9/c1-17(2)11-22(34(50)52-6)42-14-18-7-10-24(51-5)20(12-18)19-8-9-23(44)25-21(19)13-35(40)15-37(41)30(43(3)4)29(46)26(33(39)49)31(47)36(37,16-38)32(48)27(35)28(25)45/h7-10,12,17,22,30,42,44-45,47H,11,13-15,40-41H2,1-6H3,(H2,39,49)/t22?,30-,35-,36+,37-/m1/s1. The molecule has 276 valence electrons. The number of methoxy groups -OCH3 is 2. The van der Waals surface area contributed by atoms with Gasteiger partial charge in [-0.15, -0.1) is 0 Å². The van der Waals surface area contributed by atoms with E-state index in [4.69, 9.17) is 26.7 Å². The fourth-order valence-electron chi connectivity index (χ4n) is 8.28. The molecule has 3 aliphatic carbocycles. The molecule has 1 amide bonds. The van der Waals surface area contributed by atoms with Gasteiger partial charge in [0.05, 0.1) is 48.5 Å². The third kappa shape index (κ3) is 5.50. The van der Waals surface area contributed by atoms with Gasteiger partial charge in [-0.05, 0) is 74.2 Å². The fourth-order valence-corrected chi connectivity index (χ4v) is 8.28. The number of ether oxygens (including phenoxy) is 2. The van der Waals surface area contributed by atoms with Crippen molar-refractivity contribution in [1.29, 1.82) is 5.26 Å². The monoisotopic (exact) mass is 716 g/mol. The third-order valence-electron chi connectivity index (χ3n) is 10.4. The Labute approximate surface area is 300 Å². The summed E-state index contributed by atoms with van der Waals surface area (Å²) in [6.07, 6.45) is -0.201. The van der Waals surface area contributed by atoms with Crippen LogP contribution in [0.15, 0.2) is 47.2 Å². The van der Waals surface area contributed by atoms with Crippen molar-refractivity contribution in [2.45, 2.75) is 62.8 Å². The van der Waals surface area contributed by atoms with Crippen LogP contribution in [0.2, 0.25) is 0 Å². The average Bonchev–Trinajstić information content (AvgIpc) is 3.05. The van der Waals surface area contributed by atoms with E-state index in [1.54, 1.807) is 18.2 Å². The van der Waals surface area contributed by atoms with E-state index >= 15 is 0 Å². The first-order valence-electron chi connectivity index (χ1n) is 16.6. The number of likely N-dealkylation sites (N-methyl/N-ethyl adjacent to an activating group) is 1. The maximum Gasteiger partial charge on any atom is 0.322 e. The van der Waals surface area contributed by atoms with Gasteiger partial charge in [0.2, 0.25) is 0 Å². The normalized spacial score (nSPS) is 26.1. The highest BCUT2D eigenvalue weighted by Gasteiger charge is 2.74. The summed E-state index contributed by atoms with van der Waals surface area (Å²) in [6.45, 7) is 4.26. The molecule has 0 aliphatic heterocycles. The number of nitrogens with one attached hydrogen (secondary N) is 1. The van der Waals surface area contributed by atoms with E-state index in [0.29, 0.717) is 28.9 Å². The molecule has 0 spiro atoms. The molecule has 5 rings (SSSR count). The highest BCUT2D eigenvalue weighted by Crippen LogP contribution is 2.59. The number of esters is 1. The van der Waals surface area contributed by atoms with Gasteiger partial charge in [0.1, 0.15) is 34.6 Å². The zero-order chi connectivity index (χ0) is 38.7. The average molecular weight is 717 g/mol. The zero-order valence-electron chi connectivity index (χ0n) is 29.9. The van der Waals surface area contributed by atoms with Crippen LogP contribution in [0, 0.1) is 22.7 Å². The van der Waals surface area contributed by atoms with Crippen LogP contribution in [-0.2, 0) is 36.9 Å². The number of amides is 1. The van der Waals surface area contributed by atoms with E-state index in [-0.39, 0.29) is 24.4 Å². The summed E-state index contributed by atoms with van der Waals surface area (Å²) in [6, 6.07) is 7.96. The van der Waals surface area contributed by atoms with Gasteiger partial charge in [-0.3, -0.25) is 24.1 Å². The molecule has 5 atom stereocenters. The maximum atomic E-state index is 14.7. The van der Waals surface area contributed by atoms with Gasteiger partial charge in [0, 0.05) is 12.1 Å². The maximum absolute atomic E-state index is 14.7. The summed E-state index contributed by atoms with van der Waals surface area (Å²) in [5.74, 6) is -5.76. The molecule has 15 nitrogen and oxygen atoms in total. The van der Waals surface area contributed by atoms with Gasteiger partial charge in [-0.2, -0.15) is 5.26 Å². The third-order valence-corrected chi connectivity index (χ3v) is 10.4. The van der Waals surface area contributed by atoms with Crippen molar-refractivity contribution in [3.05, 3.63) is 63.9 Å². The molecule has 3 aliphatic rings. The number of fused-ring (bicyclic) bond motifs is 3. The molecule has 1 unspecified atom stereocenters. The van der Waals surface area contributed by atoms with E-state index in [1.807, 2.05) is 26.0 Å². The lowest BCUT2D eigenvalue weighted by molar-refractivity contribution is -0.144. The number of aliphatic hydroxyl groups is 2. The van der Waals surface area contributed by atoms with E-state index in [2.05, 4.69) is 5.32 Å². The molecule has 0 saturated heterocycles. The van der Waals surface area contributed by atoms with Crippen molar-refractivity contribution < 1.29 is 44.0 Å². The summed E-state index contributed by atoms with van der Waals surface area (Å²) in [5, 5.41) is 48.4. The highest BCUT2D eigenvalue weighted by molar-refractivity contribution is 6.25. The van der Waals surface area contributed by atoms with Crippen molar-refractivity contribution in [3.63, 3.8) is 0 Å². The van der Waals surface area contributed by atoms with Gasteiger partial charge in [-0.25, -0.2) is 0 Å². The number of phenols is 1. The molecular formula is C37H44N6O9. The van der Waals surface area contributed by atoms with Crippen LogP contribution < -0.4 is 27.3 Å². The second kappa shape index (κ2) is 13.4. The summed E-state index contributed by atoms with van der Waals surface area (Å²) < 4.78 is 10.7. The van der Waals surface area contributed by atoms with Gasteiger partial charge in [-0.1, -0.05) is 26.0 Å². The molecule has 1 saturated carbocycles. The van der Waals surface area contributed by atoms with E-state index < -0.39 is 86.9 Å². The summed E-state index contributed by atoms with van der Waals surface area (Å²) in [4.78, 5) is 54.7. The minimum absolute atomic E-state index is 0.151. The van der Waals surface area contributed by atoms with Crippen LogP contribution in [0.1, 0.15) is 43.4 Å². The Kier molecular flexibility index (Phi) is 9.76. The lowest BCUT2D eigenvalue weighted by atomic mass is 9.47. The van der Waals surface area contributed by atoms with Crippen molar-refractivity contribution in [2.75, 3.05) is 28.3 Å². The van der Waals surface area contributed by atoms with Gasteiger partial charge >= 0.3 is 5.97 Å². The molecule has 52 heavy (non-hydrogen) atoms. The van der Waals surface area contributed by atoms with Crippen molar-refractivity contribution >= 4 is 29.2 Å². The van der Waals surface area contributed by atoms with Crippen LogP contribution in [0.4, 0.5) is 0 Å². The predicted octanol–water partition coefficient (Wildman–Crippen LogP) is 1.26. The number of ketones is 2. The molecule has 2 aromatic rings. The smallest absolute Gasteiger partial charge is 0.322 e. The summed E-state index contributed by atoms with van der Waals surface area (Å²) in [5.41, 5.74) is 13.1. The van der Waals surface area contributed by atoms with Crippen molar-refractivity contribution in [2.24, 2.45) is 28.5 Å². The second-order valence-corrected chi connectivity index (χ2v) is 14.4. The van der Waals surface area contributed by atoms with E-state index in [9.17, 15) is 39.8 Å². The minimum atomic E-state index is -2.76. The Morgan fingerprint density at radius 3 is 2.33 bits per heavy atom. The molecule has 0 heterocycles. The molecule has 0 radical (unpaired) electrons. The Hall–Kier alpha value is -5.27. The Morgan fingerprint density at radius 1 is 1.10 bits per heavy atom. The summed E-state index contributed by atoms with van der Waals surface area (Å²) in [7, 11) is 5.70. The first-order valence-corrected chi connectivity index (χ1v) is 16.6. The van der Waals surface area contributed by atoms with Crippen LogP contribution in [-0.4, -0.2) is 95.1 Å². The van der Waals surface area contributed by atoms with Gasteiger partial charge < -0.3 is 47.3 Å². The summed E-state index contributed by atoms with van der Waals surface area (Å²) >= 11 is 0. The number of nitrogens with zero attached hydrogens (tertiary/aromatic N) is 2. The number of Topliss-reactive ketones (excluding diaryl/α,β-unsaturated/α-hetero) is 2. The topological polar surface area (TPSA) is 265 Å².